The highest BCUT2D eigenvalue weighted by atomic mass is 35.5. The third-order valence-electron chi connectivity index (χ3n) is 9.55. The molecule has 0 aliphatic carbocycles. The maximum atomic E-state index is 14.2. The number of hydrogen-bond donors (Lipinski definition) is 4. The largest absolute Gasteiger partial charge is 0.496 e. The molecule has 7 N–H and O–H groups in total. The van der Waals surface area contributed by atoms with E-state index in [1.165, 1.54) is 59.6 Å². The summed E-state index contributed by atoms with van der Waals surface area (Å²) in [4.78, 5) is 32.9. The number of rotatable bonds is 10. The number of carbonyl (C=O) groups is 2. The van der Waals surface area contributed by atoms with Gasteiger partial charge in [-0.3, -0.25) is 9.59 Å². The van der Waals surface area contributed by atoms with Gasteiger partial charge in [0, 0.05) is 38.3 Å². The summed E-state index contributed by atoms with van der Waals surface area (Å²) in [6.07, 6.45) is 5.15. The first kappa shape index (κ1) is 48.5. The Labute approximate surface area is 355 Å². The molecule has 4 aromatic rings. The van der Waals surface area contributed by atoms with Gasteiger partial charge in [0.2, 0.25) is 31.6 Å². The van der Waals surface area contributed by atoms with Crippen LogP contribution in [0.25, 0.3) is 0 Å². The molecule has 2 aliphatic rings. The van der Waals surface area contributed by atoms with Gasteiger partial charge in [-0.05, 0) is 74.2 Å². The molecule has 2 fully saturated rings. The molecular weight excluding hydrogens is 872 g/mol. The minimum absolute atomic E-state index is 0.0165. The van der Waals surface area contributed by atoms with Gasteiger partial charge in [0.1, 0.15) is 45.2 Å². The lowest BCUT2D eigenvalue weighted by atomic mass is 10.0. The number of nitrogens with one attached hydrogen (secondary N) is 1. The van der Waals surface area contributed by atoms with Gasteiger partial charge in [0.15, 0.2) is 23.3 Å². The summed E-state index contributed by atoms with van der Waals surface area (Å²) in [5.41, 5.74) is 15.8. The molecule has 2 aliphatic heterocycles. The maximum absolute atomic E-state index is 14.2. The molecule has 0 amide bonds. The van der Waals surface area contributed by atoms with Gasteiger partial charge in [-0.25, -0.2) is 53.0 Å². The van der Waals surface area contributed by atoms with E-state index in [1.54, 1.807) is 0 Å². The normalized spacial score (nSPS) is 15.4. The van der Waals surface area contributed by atoms with Crippen molar-refractivity contribution in [1.82, 2.24) is 18.6 Å². The zero-order valence-electron chi connectivity index (χ0n) is 33.4. The van der Waals surface area contributed by atoms with Crippen LogP contribution in [0.5, 0.6) is 11.5 Å². The number of ketones is 2. The Hall–Kier alpha value is -5.13. The number of sulfonamides is 2. The number of anilines is 3. The molecule has 16 nitrogen and oxygen atoms in total. The summed E-state index contributed by atoms with van der Waals surface area (Å²) < 4.78 is 113. The fraction of sp³-hybridized carbons (Fsp3) is 0.368. The number of nitrogens with zero attached hydrogens (tertiary/aromatic N) is 4. The molecule has 23 heteroatoms. The van der Waals surface area contributed by atoms with Crippen molar-refractivity contribution >= 4 is 60.7 Å². The summed E-state index contributed by atoms with van der Waals surface area (Å²) in [5.74, 6) is -6.77. The monoisotopic (exact) mass is 916 g/mol. The zero-order chi connectivity index (χ0) is 45.4. The zero-order valence-corrected chi connectivity index (χ0v) is 35.8. The summed E-state index contributed by atoms with van der Waals surface area (Å²) in [6, 6.07) is 9.73. The number of piperidine rings is 2. The Morgan fingerprint density at radius 3 is 1.49 bits per heavy atom. The summed E-state index contributed by atoms with van der Waals surface area (Å²) in [6.45, 7) is 1.95. The molecule has 61 heavy (non-hydrogen) atoms. The SMILES string of the molecule is COc1ccc(F)c(F)c1C(=O)c1ccc(Cl)nc1N.COc1ccc(F)c(F)c1C(=O)c1ccc(NC2CCN(S(C)(=O)=O)CC2)nc1N.CS(=O)(=O)N1CCC(N)CC1. The number of nitrogen functional groups attached to an aromatic ring is 2. The first-order valence-electron chi connectivity index (χ1n) is 18.3. The van der Waals surface area contributed by atoms with Crippen molar-refractivity contribution in [1.29, 1.82) is 0 Å². The van der Waals surface area contributed by atoms with Crippen LogP contribution in [0.4, 0.5) is 35.0 Å². The minimum atomic E-state index is -3.22. The average molecular weight is 917 g/mol. The van der Waals surface area contributed by atoms with Crippen LogP contribution in [-0.4, -0.2) is 112 Å². The lowest BCUT2D eigenvalue weighted by Crippen LogP contribution is -2.42. The molecule has 2 aromatic heterocycles. The predicted molar refractivity (Wildman–Crippen MR) is 222 cm³/mol. The van der Waals surface area contributed by atoms with E-state index >= 15 is 0 Å². The number of hydrogen-bond acceptors (Lipinski definition) is 14. The van der Waals surface area contributed by atoms with Crippen molar-refractivity contribution in [2.45, 2.75) is 37.8 Å². The molecule has 2 aromatic carbocycles. The second-order valence-corrected chi connectivity index (χ2v) is 18.2. The third-order valence-corrected chi connectivity index (χ3v) is 12.4. The Morgan fingerprint density at radius 1 is 0.689 bits per heavy atom. The molecule has 0 unspecified atom stereocenters. The number of aromatic nitrogens is 2. The average Bonchev–Trinajstić information content (AvgIpc) is 3.19. The van der Waals surface area contributed by atoms with Crippen molar-refractivity contribution < 1.29 is 53.5 Å². The van der Waals surface area contributed by atoms with E-state index in [0.717, 1.165) is 37.1 Å². The second kappa shape index (κ2) is 20.6. The number of methoxy groups -OCH3 is 2. The first-order valence-corrected chi connectivity index (χ1v) is 22.4. The minimum Gasteiger partial charge on any atom is -0.496 e. The van der Waals surface area contributed by atoms with E-state index in [0.29, 0.717) is 44.8 Å². The quantitative estimate of drug-likeness (QED) is 0.0990. The topological polar surface area (TPSA) is 243 Å². The Kier molecular flexibility index (Phi) is 16.4. The van der Waals surface area contributed by atoms with Gasteiger partial charge in [0.25, 0.3) is 0 Å². The standard InChI is InChI=1S/C19H22F2N4O4S.C13H9ClF2N2O2.C6H14N2O2S/c1-29-14-5-4-13(20)17(21)16(14)18(26)12-3-6-15(24-19(12)22)23-11-7-9-25(10-8-11)30(2,27)28;1-20-8-4-3-7(15)11(16)10(8)12(19)6-2-5-9(14)18-13(6)17;1-11(9,10)8-4-2-6(7)3-5-8/h3-6,11H,7-10H2,1-2H3,(H3,22,23,24);2-5H,1H3,(H2,17,18);6H,2-5,7H2,1H3. The van der Waals surface area contributed by atoms with Gasteiger partial charge in [0.05, 0.1) is 37.9 Å². The first-order chi connectivity index (χ1) is 28.6. The van der Waals surface area contributed by atoms with E-state index in [2.05, 4.69) is 15.3 Å². The van der Waals surface area contributed by atoms with Gasteiger partial charge >= 0.3 is 0 Å². The summed E-state index contributed by atoms with van der Waals surface area (Å²) in [7, 11) is -3.70. The Bertz CT molecular complexity index is 2470. The van der Waals surface area contributed by atoms with Gasteiger partial charge in [-0.15, -0.1) is 0 Å². The number of ether oxygens (including phenoxy) is 2. The van der Waals surface area contributed by atoms with E-state index in [9.17, 15) is 44.0 Å². The number of benzene rings is 2. The number of halogens is 5. The molecular formula is C38H45ClF4N8O8S2. The molecule has 0 spiro atoms. The van der Waals surface area contributed by atoms with Gasteiger partial charge < -0.3 is 32.0 Å². The van der Waals surface area contributed by atoms with Crippen molar-refractivity contribution in [2.75, 3.05) is 69.7 Å². The number of carbonyl (C=O) groups excluding carboxylic acids is 2. The van der Waals surface area contributed by atoms with Crippen LogP contribution in [-0.2, 0) is 20.0 Å². The molecule has 2 saturated heterocycles. The van der Waals surface area contributed by atoms with Gasteiger partial charge in [-0.1, -0.05) is 11.6 Å². The van der Waals surface area contributed by atoms with Crippen molar-refractivity contribution in [3.63, 3.8) is 0 Å². The third kappa shape index (κ3) is 12.5. The predicted octanol–water partition coefficient (Wildman–Crippen LogP) is 4.22. The molecule has 332 valence electrons. The number of nitrogens with two attached hydrogens (primary N) is 3. The van der Waals surface area contributed by atoms with Crippen LogP contribution >= 0.6 is 11.6 Å². The van der Waals surface area contributed by atoms with Crippen LogP contribution in [0.2, 0.25) is 5.15 Å². The fourth-order valence-corrected chi connectivity index (χ4v) is 8.14. The van der Waals surface area contributed by atoms with Crippen LogP contribution in [0, 0.1) is 23.3 Å². The van der Waals surface area contributed by atoms with Crippen molar-refractivity contribution in [2.24, 2.45) is 5.73 Å². The molecule has 6 rings (SSSR count). The lowest BCUT2D eigenvalue weighted by Gasteiger charge is -2.31. The van der Waals surface area contributed by atoms with Crippen LogP contribution in [0.15, 0.2) is 48.5 Å². The highest BCUT2D eigenvalue weighted by Crippen LogP contribution is 2.30. The van der Waals surface area contributed by atoms with E-state index in [4.69, 9.17) is 38.3 Å². The Morgan fingerprint density at radius 2 is 1.10 bits per heavy atom. The number of pyridine rings is 2. The fourth-order valence-electron chi connectivity index (χ4n) is 6.24. The van der Waals surface area contributed by atoms with E-state index in [-0.39, 0.29) is 51.5 Å². The second-order valence-electron chi connectivity index (χ2n) is 13.8. The highest BCUT2D eigenvalue weighted by molar-refractivity contribution is 7.88. The highest BCUT2D eigenvalue weighted by Gasteiger charge is 2.28. The smallest absolute Gasteiger partial charge is 0.211 e. The van der Waals surface area contributed by atoms with Crippen LogP contribution < -0.4 is 32.0 Å². The molecule has 4 heterocycles. The molecule has 0 radical (unpaired) electrons. The van der Waals surface area contributed by atoms with Crippen LogP contribution in [0.3, 0.4) is 0 Å². The van der Waals surface area contributed by atoms with Crippen LogP contribution in [0.1, 0.15) is 57.5 Å². The lowest BCUT2D eigenvalue weighted by molar-refractivity contribution is 0.102. The molecule has 0 atom stereocenters. The van der Waals surface area contributed by atoms with Gasteiger partial charge in [-0.2, -0.15) is 0 Å². The maximum Gasteiger partial charge on any atom is 0.211 e. The summed E-state index contributed by atoms with van der Waals surface area (Å²) in [5, 5.41) is 3.25. The summed E-state index contributed by atoms with van der Waals surface area (Å²) >= 11 is 5.62. The van der Waals surface area contributed by atoms with Crippen molar-refractivity contribution in [3.05, 3.63) is 99.2 Å². The molecule has 0 bridgehead atoms. The van der Waals surface area contributed by atoms with E-state index in [1.807, 2.05) is 0 Å². The molecule has 0 saturated carbocycles. The Balaban J connectivity index is 0.000000226. The van der Waals surface area contributed by atoms with Crippen molar-refractivity contribution in [3.8, 4) is 11.5 Å². The van der Waals surface area contributed by atoms with E-state index < -0.39 is 66.0 Å².